The van der Waals surface area contributed by atoms with E-state index in [0.717, 1.165) is 4.90 Å². The monoisotopic (exact) mass is 807 g/mol. The van der Waals surface area contributed by atoms with Gasteiger partial charge in [-0.25, -0.2) is 0 Å². The third-order valence-corrected chi connectivity index (χ3v) is 7.64. The fourth-order valence-corrected chi connectivity index (χ4v) is 5.31. The van der Waals surface area contributed by atoms with Crippen molar-refractivity contribution in [3.63, 3.8) is 0 Å². The summed E-state index contributed by atoms with van der Waals surface area (Å²) < 4.78 is 10.4. The van der Waals surface area contributed by atoms with Crippen LogP contribution in [0.3, 0.4) is 0 Å². The number of carbonyl (C=O) groups excluding carboxylic acids is 2. The molecule has 0 heterocycles. The van der Waals surface area contributed by atoms with E-state index >= 15 is 0 Å². The number of amides is 2. The second-order valence-electron chi connectivity index (χ2n) is 12.2. The number of benzene rings is 2. The first-order valence-electron chi connectivity index (χ1n) is 16.8. The highest BCUT2D eigenvalue weighted by Gasteiger charge is 2.22. The zero-order chi connectivity index (χ0) is 42.7. The molecule has 2 aromatic carbocycles. The van der Waals surface area contributed by atoms with Crippen LogP contribution in [0.2, 0.25) is 0 Å². The van der Waals surface area contributed by atoms with Gasteiger partial charge in [0.15, 0.2) is 0 Å². The molecule has 312 valence electrons. The number of rotatable bonds is 28. The normalized spacial score (nSPS) is 10.8. The fraction of sp³-hybridized carbons (Fsp3) is 0.412. The van der Waals surface area contributed by atoms with Gasteiger partial charge in [-0.15, -0.1) is 0 Å². The molecule has 0 fully saturated rings. The Morgan fingerprint density at radius 3 is 1.33 bits per heavy atom. The maximum absolute atomic E-state index is 13.1. The SMILES string of the molecule is COc1ccc(NC(=O)CN(CCN(CCN(CC(=O)O)CC(=O)Nc2ccc(OC)c(N(CC(=O)O)CC(=O)O)c2)CC(=O)O)CC(=O)O)cc1NCC(=O)O. The summed E-state index contributed by atoms with van der Waals surface area (Å²) >= 11 is 0. The Morgan fingerprint density at radius 1 is 0.509 bits per heavy atom. The number of carboxylic acid groups (broad SMARTS) is 6. The smallest absolute Gasteiger partial charge is 0.323 e. The number of nitrogens with one attached hydrogen (secondary N) is 3. The topological polar surface area (TPSA) is 325 Å². The van der Waals surface area contributed by atoms with E-state index in [4.69, 9.17) is 14.6 Å². The van der Waals surface area contributed by atoms with E-state index in [2.05, 4.69) is 16.0 Å². The first-order chi connectivity index (χ1) is 26.9. The molecule has 0 spiro atoms. The lowest BCUT2D eigenvalue weighted by molar-refractivity contribution is -0.140. The molecule has 0 bridgehead atoms. The van der Waals surface area contributed by atoms with Gasteiger partial charge in [0.2, 0.25) is 11.8 Å². The van der Waals surface area contributed by atoms with E-state index in [-0.39, 0.29) is 54.7 Å². The molecular formula is C34H45N7O16. The predicted molar refractivity (Wildman–Crippen MR) is 199 cm³/mol. The molecule has 0 aliphatic heterocycles. The number of aliphatic carboxylic acids is 6. The van der Waals surface area contributed by atoms with E-state index < -0.39 is 100.0 Å². The first-order valence-corrected chi connectivity index (χ1v) is 16.8. The summed E-state index contributed by atoms with van der Waals surface area (Å²) in [5.74, 6) is -8.61. The van der Waals surface area contributed by atoms with Crippen molar-refractivity contribution < 1.29 is 78.5 Å². The fourth-order valence-electron chi connectivity index (χ4n) is 5.31. The lowest BCUT2D eigenvalue weighted by Crippen LogP contribution is -2.46. The van der Waals surface area contributed by atoms with E-state index in [0.29, 0.717) is 5.75 Å². The third kappa shape index (κ3) is 18.0. The highest BCUT2D eigenvalue weighted by Crippen LogP contribution is 2.31. The summed E-state index contributed by atoms with van der Waals surface area (Å²) in [6, 6.07) is 8.44. The minimum atomic E-state index is -1.33. The van der Waals surface area contributed by atoms with Crippen LogP contribution in [0, 0.1) is 0 Å². The number of hydrogen-bond donors (Lipinski definition) is 9. The molecule has 57 heavy (non-hydrogen) atoms. The van der Waals surface area contributed by atoms with Crippen molar-refractivity contribution in [1.82, 2.24) is 14.7 Å². The minimum Gasteiger partial charge on any atom is -0.495 e. The van der Waals surface area contributed by atoms with Crippen LogP contribution in [0.15, 0.2) is 36.4 Å². The number of hydrogen-bond acceptors (Lipinski definition) is 15. The molecular weight excluding hydrogens is 762 g/mol. The van der Waals surface area contributed by atoms with Crippen molar-refractivity contribution in [2.45, 2.75) is 0 Å². The van der Waals surface area contributed by atoms with Crippen LogP contribution in [0.1, 0.15) is 0 Å². The van der Waals surface area contributed by atoms with Crippen LogP contribution >= 0.6 is 0 Å². The Hall–Kier alpha value is -6.72. The Kier molecular flexibility index (Phi) is 18.9. The number of carboxylic acids is 6. The van der Waals surface area contributed by atoms with Crippen molar-refractivity contribution >= 4 is 70.4 Å². The van der Waals surface area contributed by atoms with E-state index in [1.165, 1.54) is 65.3 Å². The van der Waals surface area contributed by atoms with Crippen LogP contribution in [0.4, 0.5) is 22.7 Å². The largest absolute Gasteiger partial charge is 0.495 e. The van der Waals surface area contributed by atoms with Crippen molar-refractivity contribution in [2.24, 2.45) is 0 Å². The van der Waals surface area contributed by atoms with E-state index in [1.54, 1.807) is 0 Å². The van der Waals surface area contributed by atoms with Crippen LogP contribution in [-0.2, 0) is 38.4 Å². The van der Waals surface area contributed by atoms with Crippen LogP contribution in [0.25, 0.3) is 0 Å². The van der Waals surface area contributed by atoms with Gasteiger partial charge in [-0.2, -0.15) is 0 Å². The van der Waals surface area contributed by atoms with Crippen molar-refractivity contribution in [3.8, 4) is 11.5 Å². The summed E-state index contributed by atoms with van der Waals surface area (Å²) in [6.45, 7) is -5.09. The molecule has 23 nitrogen and oxygen atoms in total. The van der Waals surface area contributed by atoms with Gasteiger partial charge in [0, 0.05) is 37.6 Å². The van der Waals surface area contributed by atoms with Gasteiger partial charge in [0.1, 0.15) is 31.1 Å². The number of carbonyl (C=O) groups is 8. The molecule has 0 aliphatic carbocycles. The third-order valence-electron chi connectivity index (χ3n) is 7.64. The zero-order valence-corrected chi connectivity index (χ0v) is 31.0. The van der Waals surface area contributed by atoms with Crippen molar-refractivity contribution in [2.75, 3.05) is 114 Å². The molecule has 0 radical (unpaired) electrons. The summed E-state index contributed by atoms with van der Waals surface area (Å²) in [5, 5.41) is 63.8. The molecule has 2 amide bonds. The minimum absolute atomic E-state index is 0.0429. The summed E-state index contributed by atoms with van der Waals surface area (Å²) in [5.41, 5.74) is 0.654. The van der Waals surface area contributed by atoms with Crippen LogP contribution in [-0.4, -0.2) is 186 Å². The van der Waals surface area contributed by atoms with Gasteiger partial charge in [0.05, 0.1) is 58.3 Å². The quantitative estimate of drug-likeness (QED) is 0.0493. The Balaban J connectivity index is 2.14. The molecule has 9 N–H and O–H groups in total. The van der Waals surface area contributed by atoms with Crippen molar-refractivity contribution in [1.29, 1.82) is 0 Å². The molecule has 23 heteroatoms. The highest BCUT2D eigenvalue weighted by atomic mass is 16.5. The Labute approximate surface area is 324 Å². The average molecular weight is 808 g/mol. The molecule has 0 aromatic heterocycles. The number of methoxy groups -OCH3 is 2. The molecule has 0 saturated carbocycles. The predicted octanol–water partition coefficient (Wildman–Crippen LogP) is -1.09. The molecule has 0 atom stereocenters. The lowest BCUT2D eigenvalue weighted by Gasteiger charge is -2.28. The highest BCUT2D eigenvalue weighted by molar-refractivity contribution is 5.94. The second-order valence-corrected chi connectivity index (χ2v) is 12.2. The standard InChI is InChI=1S/C34H45N7O16/c1-56-25-5-3-21(11-23(25)35-13-29(44)45)36-27(42)14-39(17-31(48)49)9-7-38(16-30(46)47)8-10-40(18-32(50)51)15-28(43)37-22-4-6-26(57-2)24(12-22)41(19-33(52)53)20-34(54)55/h3-6,11-12,35H,7-10,13-20H2,1-2H3,(H,36,42)(H,37,43)(H,44,45)(H,46,47)(H,48,49)(H,50,51)(H,52,53)(H,54,55). The summed E-state index contributed by atoms with van der Waals surface area (Å²) in [4.78, 5) is 99.5. The first kappa shape index (κ1) is 46.4. The summed E-state index contributed by atoms with van der Waals surface area (Å²) in [7, 11) is 2.65. The van der Waals surface area contributed by atoms with E-state index in [9.17, 15) is 63.9 Å². The Bertz CT molecular complexity index is 1760. The maximum Gasteiger partial charge on any atom is 0.323 e. The Morgan fingerprint density at radius 2 is 0.912 bits per heavy atom. The van der Waals surface area contributed by atoms with Gasteiger partial charge in [-0.3, -0.25) is 53.1 Å². The second kappa shape index (κ2) is 23.3. The van der Waals surface area contributed by atoms with Crippen LogP contribution in [0.5, 0.6) is 11.5 Å². The molecule has 2 rings (SSSR count). The van der Waals surface area contributed by atoms with Crippen molar-refractivity contribution in [3.05, 3.63) is 36.4 Å². The molecule has 0 aliphatic rings. The van der Waals surface area contributed by atoms with Gasteiger partial charge in [-0.1, -0.05) is 0 Å². The molecule has 2 aromatic rings. The number of nitrogens with zero attached hydrogens (tertiary/aromatic N) is 4. The van der Waals surface area contributed by atoms with E-state index in [1.807, 2.05) is 0 Å². The van der Waals surface area contributed by atoms with Gasteiger partial charge >= 0.3 is 35.8 Å². The lowest BCUT2D eigenvalue weighted by atomic mass is 10.2. The van der Waals surface area contributed by atoms with Gasteiger partial charge in [-0.05, 0) is 36.4 Å². The molecule has 0 saturated heterocycles. The number of anilines is 4. The zero-order valence-electron chi connectivity index (χ0n) is 31.0. The maximum atomic E-state index is 13.1. The van der Waals surface area contributed by atoms with Crippen LogP contribution < -0.4 is 30.3 Å². The average Bonchev–Trinajstić information content (AvgIpc) is 3.10. The van der Waals surface area contributed by atoms with Gasteiger partial charge in [0.25, 0.3) is 0 Å². The summed E-state index contributed by atoms with van der Waals surface area (Å²) in [6.07, 6.45) is 0. The molecule has 0 unspecified atom stereocenters. The number of ether oxygens (including phenoxy) is 2. The van der Waals surface area contributed by atoms with Gasteiger partial charge < -0.3 is 61.0 Å².